The second-order valence-corrected chi connectivity index (χ2v) is 6.67. The van der Waals surface area contributed by atoms with E-state index in [-0.39, 0.29) is 5.41 Å². The van der Waals surface area contributed by atoms with Gasteiger partial charge in [0.15, 0.2) is 0 Å². The molecule has 0 fully saturated rings. The van der Waals surface area contributed by atoms with Crippen LogP contribution in [0.5, 0.6) is 0 Å². The van der Waals surface area contributed by atoms with Gasteiger partial charge in [-0.05, 0) is 46.7 Å². The van der Waals surface area contributed by atoms with Crippen LogP contribution in [0, 0.1) is 0 Å². The number of hydrogen-bond acceptors (Lipinski definition) is 1. The molecule has 1 heterocycles. The molecule has 0 saturated heterocycles. The zero-order valence-electron chi connectivity index (χ0n) is 13.5. The van der Waals surface area contributed by atoms with Crippen LogP contribution < -0.4 is 0 Å². The predicted molar refractivity (Wildman–Crippen MR) is 94.3 cm³/mol. The number of hydrogen-bond donors (Lipinski definition) is 0. The number of benzene rings is 2. The highest BCUT2D eigenvalue weighted by Gasteiger charge is 2.42. The molecule has 4 rings (SSSR count). The number of aliphatic imine (C=N–C) groups is 1. The van der Waals surface area contributed by atoms with E-state index in [1.807, 2.05) is 6.21 Å². The van der Waals surface area contributed by atoms with Gasteiger partial charge in [-0.2, -0.15) is 0 Å². The van der Waals surface area contributed by atoms with Crippen molar-refractivity contribution in [2.75, 3.05) is 0 Å². The second-order valence-electron chi connectivity index (χ2n) is 6.67. The van der Waals surface area contributed by atoms with Crippen molar-refractivity contribution < 1.29 is 0 Å². The lowest BCUT2D eigenvalue weighted by Crippen LogP contribution is -2.25. The van der Waals surface area contributed by atoms with Crippen LogP contribution in [0.4, 0.5) is 5.69 Å². The molecule has 0 unspecified atom stereocenters. The molecule has 2 aliphatic rings. The van der Waals surface area contributed by atoms with Crippen LogP contribution in [0.1, 0.15) is 56.2 Å². The molecule has 1 aliphatic heterocycles. The van der Waals surface area contributed by atoms with E-state index in [4.69, 9.17) is 0 Å². The summed E-state index contributed by atoms with van der Waals surface area (Å²) in [5, 5.41) is 0. The Balaban J connectivity index is 2.01. The zero-order valence-corrected chi connectivity index (χ0v) is 13.5. The van der Waals surface area contributed by atoms with Gasteiger partial charge < -0.3 is 0 Å². The van der Waals surface area contributed by atoms with Crippen LogP contribution in [0.25, 0.3) is 11.1 Å². The minimum atomic E-state index is 0.215. The van der Waals surface area contributed by atoms with Crippen LogP contribution in [-0.4, -0.2) is 6.21 Å². The van der Waals surface area contributed by atoms with E-state index in [9.17, 15) is 0 Å². The van der Waals surface area contributed by atoms with Crippen molar-refractivity contribution in [3.05, 3.63) is 53.1 Å². The molecule has 2 aromatic carbocycles. The summed E-state index contributed by atoms with van der Waals surface area (Å²) in [6.07, 6.45) is 7.97. The Kier molecular flexibility index (Phi) is 3.18. The molecule has 1 aliphatic carbocycles. The topological polar surface area (TPSA) is 12.4 Å². The van der Waals surface area contributed by atoms with Crippen LogP contribution in [0.2, 0.25) is 0 Å². The van der Waals surface area contributed by atoms with Crippen LogP contribution in [-0.2, 0) is 11.8 Å². The zero-order chi connectivity index (χ0) is 15.2. The van der Waals surface area contributed by atoms with Crippen molar-refractivity contribution in [2.45, 2.75) is 51.4 Å². The molecule has 0 atom stereocenters. The minimum Gasteiger partial charge on any atom is -0.261 e. The predicted octanol–water partition coefficient (Wildman–Crippen LogP) is 5.81. The summed E-state index contributed by atoms with van der Waals surface area (Å²) >= 11 is 0. The summed E-state index contributed by atoms with van der Waals surface area (Å²) in [5.74, 6) is 0. The number of rotatable bonds is 4. The highest BCUT2D eigenvalue weighted by Crippen LogP contribution is 2.55. The van der Waals surface area contributed by atoms with E-state index >= 15 is 0 Å². The molecule has 112 valence electrons. The monoisotopic (exact) mass is 289 g/mol. The van der Waals surface area contributed by atoms with Crippen molar-refractivity contribution in [1.29, 1.82) is 0 Å². The Morgan fingerprint density at radius 2 is 1.73 bits per heavy atom. The molecule has 1 heteroatoms. The molecule has 0 bridgehead atoms. The van der Waals surface area contributed by atoms with E-state index in [0.29, 0.717) is 0 Å². The maximum Gasteiger partial charge on any atom is 0.0667 e. The molecular weight excluding hydrogens is 266 g/mol. The first-order valence-corrected chi connectivity index (χ1v) is 8.60. The highest BCUT2D eigenvalue weighted by atomic mass is 14.7. The number of fused-ring (bicyclic) bond motifs is 4. The molecule has 0 radical (unpaired) electrons. The quantitative estimate of drug-likeness (QED) is 0.673. The van der Waals surface area contributed by atoms with E-state index < -0.39 is 0 Å². The second kappa shape index (κ2) is 5.08. The molecule has 22 heavy (non-hydrogen) atoms. The third-order valence-electron chi connectivity index (χ3n) is 5.36. The van der Waals surface area contributed by atoms with Gasteiger partial charge in [0.2, 0.25) is 0 Å². The van der Waals surface area contributed by atoms with Gasteiger partial charge in [-0.15, -0.1) is 0 Å². The Morgan fingerprint density at radius 1 is 0.955 bits per heavy atom. The summed E-state index contributed by atoms with van der Waals surface area (Å²) in [4.78, 5) is 4.56. The minimum absolute atomic E-state index is 0.215. The van der Waals surface area contributed by atoms with Gasteiger partial charge in [-0.3, -0.25) is 4.99 Å². The molecule has 0 saturated carbocycles. The first-order valence-electron chi connectivity index (χ1n) is 8.60. The van der Waals surface area contributed by atoms with Crippen molar-refractivity contribution in [2.24, 2.45) is 4.99 Å². The Labute approximate surface area is 133 Å². The van der Waals surface area contributed by atoms with Crippen molar-refractivity contribution in [3.63, 3.8) is 0 Å². The van der Waals surface area contributed by atoms with E-state index in [2.05, 4.69) is 55.2 Å². The van der Waals surface area contributed by atoms with Crippen molar-refractivity contribution >= 4 is 11.9 Å². The fraction of sp³-hybridized carbons (Fsp3) is 0.381. The van der Waals surface area contributed by atoms with Gasteiger partial charge in [0, 0.05) is 18.1 Å². The highest BCUT2D eigenvalue weighted by molar-refractivity contribution is 5.87. The molecule has 0 spiro atoms. The summed E-state index contributed by atoms with van der Waals surface area (Å²) in [6, 6.07) is 13.8. The molecular formula is C21H23N. The molecule has 0 amide bonds. The Morgan fingerprint density at radius 3 is 2.50 bits per heavy atom. The molecule has 2 aromatic rings. The first-order chi connectivity index (χ1) is 10.8. The normalized spacial score (nSPS) is 16.5. The van der Waals surface area contributed by atoms with Gasteiger partial charge in [0.05, 0.1) is 5.69 Å². The third kappa shape index (κ3) is 1.75. The average molecular weight is 289 g/mol. The molecule has 0 aromatic heterocycles. The van der Waals surface area contributed by atoms with Gasteiger partial charge >= 0.3 is 0 Å². The largest absolute Gasteiger partial charge is 0.261 e. The Bertz CT molecular complexity index is 748. The van der Waals surface area contributed by atoms with Crippen LogP contribution >= 0.6 is 0 Å². The molecule has 1 nitrogen and oxygen atoms in total. The lowest BCUT2D eigenvalue weighted by atomic mass is 9.71. The Hall–Kier alpha value is -1.89. The van der Waals surface area contributed by atoms with Crippen LogP contribution in [0.3, 0.4) is 0 Å². The summed E-state index contributed by atoms with van der Waals surface area (Å²) in [7, 11) is 0. The summed E-state index contributed by atoms with van der Waals surface area (Å²) < 4.78 is 0. The van der Waals surface area contributed by atoms with Crippen molar-refractivity contribution in [1.82, 2.24) is 0 Å². The van der Waals surface area contributed by atoms with Gasteiger partial charge in [-0.25, -0.2) is 0 Å². The van der Waals surface area contributed by atoms with E-state index in [1.165, 1.54) is 48.1 Å². The smallest absolute Gasteiger partial charge is 0.0667 e. The summed E-state index contributed by atoms with van der Waals surface area (Å²) in [5.41, 5.74) is 8.76. The van der Waals surface area contributed by atoms with E-state index in [1.54, 1.807) is 11.1 Å². The number of nitrogens with zero attached hydrogens (tertiary/aromatic N) is 1. The van der Waals surface area contributed by atoms with Crippen molar-refractivity contribution in [3.8, 4) is 11.1 Å². The fourth-order valence-electron chi connectivity index (χ4n) is 4.58. The maximum atomic E-state index is 4.56. The van der Waals surface area contributed by atoms with E-state index in [0.717, 1.165) is 6.42 Å². The summed E-state index contributed by atoms with van der Waals surface area (Å²) in [6.45, 7) is 4.63. The lowest BCUT2D eigenvalue weighted by molar-refractivity contribution is 0.435. The van der Waals surface area contributed by atoms with Crippen LogP contribution in [0.15, 0.2) is 41.4 Å². The maximum absolute atomic E-state index is 4.56. The fourth-order valence-corrected chi connectivity index (χ4v) is 4.58. The van der Waals surface area contributed by atoms with Gasteiger partial charge in [-0.1, -0.05) is 57.0 Å². The first kappa shape index (κ1) is 13.8. The molecule has 0 N–H and O–H groups in total. The average Bonchev–Trinajstić information content (AvgIpc) is 3.09. The lowest BCUT2D eigenvalue weighted by Gasteiger charge is -2.32. The SMILES string of the molecule is CCCC1(CCC)c2ccccc2-c2cc3c(cc21)CC=N3. The van der Waals surface area contributed by atoms with Gasteiger partial charge in [0.1, 0.15) is 0 Å². The standard InChI is InChI=1S/C21H23N/c1-3-10-21(11-4-2)18-8-6-5-7-16(18)17-14-20-15(9-12-22-20)13-19(17)21/h5-8,12-14H,3-4,9-11H2,1-2H3. The van der Waals surface area contributed by atoms with Gasteiger partial charge in [0.25, 0.3) is 0 Å². The third-order valence-corrected chi connectivity index (χ3v) is 5.36.